The molecule has 0 saturated carbocycles. The van der Waals surface area contributed by atoms with Crippen molar-refractivity contribution in [2.45, 2.75) is 44.2 Å². The molecule has 0 aromatic rings. The monoisotopic (exact) mass is 187 g/mol. The van der Waals surface area contributed by atoms with Gasteiger partial charge in [-0.1, -0.05) is 0 Å². The number of aliphatic hydroxyl groups is 1. The highest BCUT2D eigenvalue weighted by atomic mass is 16.4. The van der Waals surface area contributed by atoms with Gasteiger partial charge in [0.25, 0.3) is 0 Å². The Morgan fingerprint density at radius 3 is 2.77 bits per heavy atom. The van der Waals surface area contributed by atoms with Crippen LogP contribution in [0.3, 0.4) is 0 Å². The Morgan fingerprint density at radius 1 is 1.69 bits per heavy atom. The van der Waals surface area contributed by atoms with Crippen LogP contribution in [-0.2, 0) is 4.79 Å². The predicted octanol–water partition coefficient (Wildman–Crippen LogP) is 0.354. The van der Waals surface area contributed by atoms with Crippen molar-refractivity contribution in [3.05, 3.63) is 0 Å². The smallest absolute Gasteiger partial charge is 0.323 e. The van der Waals surface area contributed by atoms with Crippen molar-refractivity contribution in [2.24, 2.45) is 0 Å². The van der Waals surface area contributed by atoms with Gasteiger partial charge in [-0.25, -0.2) is 0 Å². The van der Waals surface area contributed by atoms with Gasteiger partial charge in [-0.05, 0) is 39.2 Å². The fraction of sp³-hybridized carbons (Fsp3) is 0.889. The summed E-state index contributed by atoms with van der Waals surface area (Å²) in [7, 11) is 0. The van der Waals surface area contributed by atoms with Crippen LogP contribution in [0, 0.1) is 0 Å². The number of aliphatic hydroxyl groups excluding tert-OH is 1. The van der Waals surface area contributed by atoms with Crippen LogP contribution in [0.25, 0.3) is 0 Å². The van der Waals surface area contributed by atoms with Gasteiger partial charge in [-0.3, -0.25) is 4.79 Å². The Balaban J connectivity index is 2.52. The molecule has 2 atom stereocenters. The van der Waals surface area contributed by atoms with Gasteiger partial charge in [0.05, 0.1) is 6.10 Å². The summed E-state index contributed by atoms with van der Waals surface area (Å²) in [4.78, 5) is 11.0. The third-order valence-electron chi connectivity index (χ3n) is 2.64. The summed E-state index contributed by atoms with van der Waals surface area (Å²) < 4.78 is 0. The van der Waals surface area contributed by atoms with Gasteiger partial charge < -0.3 is 15.5 Å². The maximum absolute atomic E-state index is 11.0. The third-order valence-corrected chi connectivity index (χ3v) is 2.64. The first-order valence-electron chi connectivity index (χ1n) is 4.73. The van der Waals surface area contributed by atoms with E-state index in [1.165, 1.54) is 0 Å². The molecule has 4 nitrogen and oxygen atoms in total. The van der Waals surface area contributed by atoms with E-state index in [4.69, 9.17) is 10.2 Å². The molecule has 1 fully saturated rings. The topological polar surface area (TPSA) is 69.6 Å². The molecule has 0 amide bonds. The van der Waals surface area contributed by atoms with Gasteiger partial charge in [0.1, 0.15) is 5.54 Å². The minimum absolute atomic E-state index is 0.418. The molecule has 0 aromatic heterocycles. The largest absolute Gasteiger partial charge is 0.480 e. The van der Waals surface area contributed by atoms with E-state index in [2.05, 4.69) is 5.32 Å². The Hall–Kier alpha value is -0.610. The number of rotatable bonds is 4. The van der Waals surface area contributed by atoms with Crippen LogP contribution in [0.15, 0.2) is 0 Å². The first-order chi connectivity index (χ1) is 6.07. The van der Waals surface area contributed by atoms with Gasteiger partial charge in [-0.2, -0.15) is 0 Å². The number of carboxylic acids is 1. The highest BCUT2D eigenvalue weighted by Crippen LogP contribution is 2.25. The fourth-order valence-electron chi connectivity index (χ4n) is 1.76. The van der Waals surface area contributed by atoms with Gasteiger partial charge in [0.2, 0.25) is 0 Å². The van der Waals surface area contributed by atoms with Crippen molar-refractivity contribution in [3.8, 4) is 0 Å². The second kappa shape index (κ2) is 4.07. The molecule has 1 aliphatic heterocycles. The number of hydrogen-bond acceptors (Lipinski definition) is 3. The molecule has 3 N–H and O–H groups in total. The molecule has 0 spiro atoms. The van der Waals surface area contributed by atoms with Gasteiger partial charge >= 0.3 is 5.97 Å². The molecule has 0 aliphatic carbocycles. The van der Waals surface area contributed by atoms with Crippen molar-refractivity contribution < 1.29 is 15.0 Å². The van der Waals surface area contributed by atoms with E-state index in [-0.39, 0.29) is 0 Å². The summed E-state index contributed by atoms with van der Waals surface area (Å²) in [5.74, 6) is -0.786. The van der Waals surface area contributed by atoms with Crippen LogP contribution < -0.4 is 5.32 Å². The summed E-state index contributed by atoms with van der Waals surface area (Å²) in [6.45, 7) is 2.45. The fourth-order valence-corrected chi connectivity index (χ4v) is 1.76. The molecule has 0 aromatic carbocycles. The molecule has 1 aliphatic rings. The van der Waals surface area contributed by atoms with Crippen molar-refractivity contribution >= 4 is 5.97 Å². The zero-order valence-electron chi connectivity index (χ0n) is 7.92. The number of carboxylic acid groups (broad SMARTS) is 1. The SMILES string of the molecule is CC(O)CCC1(C(=O)O)CCCN1. The Bertz CT molecular complexity index is 185. The lowest BCUT2D eigenvalue weighted by atomic mass is 9.91. The highest BCUT2D eigenvalue weighted by molar-refractivity contribution is 5.79. The zero-order valence-corrected chi connectivity index (χ0v) is 7.92. The molecule has 0 bridgehead atoms. The maximum Gasteiger partial charge on any atom is 0.323 e. The van der Waals surface area contributed by atoms with Crippen LogP contribution in [-0.4, -0.2) is 34.4 Å². The highest BCUT2D eigenvalue weighted by Gasteiger charge is 2.40. The second-order valence-electron chi connectivity index (χ2n) is 3.81. The Morgan fingerprint density at radius 2 is 2.38 bits per heavy atom. The maximum atomic E-state index is 11.0. The van der Waals surface area contributed by atoms with Crippen LogP contribution in [0.1, 0.15) is 32.6 Å². The molecular formula is C9H17NO3. The molecule has 13 heavy (non-hydrogen) atoms. The molecule has 0 radical (unpaired) electrons. The normalized spacial score (nSPS) is 30.3. The molecule has 4 heteroatoms. The van der Waals surface area contributed by atoms with Gasteiger partial charge in [0, 0.05) is 0 Å². The van der Waals surface area contributed by atoms with E-state index in [0.29, 0.717) is 19.3 Å². The molecule has 1 rings (SSSR count). The summed E-state index contributed by atoms with van der Waals surface area (Å²) in [5, 5.41) is 21.1. The predicted molar refractivity (Wildman–Crippen MR) is 48.5 cm³/mol. The molecule has 1 heterocycles. The minimum atomic E-state index is -0.786. The zero-order chi connectivity index (χ0) is 9.90. The first-order valence-corrected chi connectivity index (χ1v) is 4.73. The second-order valence-corrected chi connectivity index (χ2v) is 3.81. The van der Waals surface area contributed by atoms with Crippen LogP contribution in [0.4, 0.5) is 0 Å². The molecule has 2 unspecified atom stereocenters. The third kappa shape index (κ3) is 2.42. The lowest BCUT2D eigenvalue weighted by Gasteiger charge is -2.24. The van der Waals surface area contributed by atoms with Gasteiger partial charge in [-0.15, -0.1) is 0 Å². The summed E-state index contributed by atoms with van der Waals surface area (Å²) in [6.07, 6.45) is 2.22. The van der Waals surface area contributed by atoms with E-state index in [1.807, 2.05) is 0 Å². The minimum Gasteiger partial charge on any atom is -0.480 e. The average Bonchev–Trinajstić information content (AvgIpc) is 2.50. The quantitative estimate of drug-likeness (QED) is 0.594. The summed E-state index contributed by atoms with van der Waals surface area (Å²) in [6, 6.07) is 0. The lowest BCUT2D eigenvalue weighted by molar-refractivity contribution is -0.144. The molecular weight excluding hydrogens is 170 g/mol. The van der Waals surface area contributed by atoms with Crippen LogP contribution in [0.5, 0.6) is 0 Å². The first kappa shape index (κ1) is 10.5. The lowest BCUT2D eigenvalue weighted by Crippen LogP contribution is -2.47. The average molecular weight is 187 g/mol. The number of aliphatic carboxylic acids is 1. The van der Waals surface area contributed by atoms with E-state index in [0.717, 1.165) is 13.0 Å². The number of hydrogen-bond donors (Lipinski definition) is 3. The number of carbonyl (C=O) groups is 1. The van der Waals surface area contributed by atoms with Crippen molar-refractivity contribution in [3.63, 3.8) is 0 Å². The number of nitrogens with one attached hydrogen (secondary N) is 1. The van der Waals surface area contributed by atoms with Crippen molar-refractivity contribution in [1.29, 1.82) is 0 Å². The Labute approximate surface area is 78.0 Å². The summed E-state index contributed by atoms with van der Waals surface area (Å²) >= 11 is 0. The van der Waals surface area contributed by atoms with Crippen molar-refractivity contribution in [2.75, 3.05) is 6.54 Å². The van der Waals surface area contributed by atoms with Gasteiger partial charge in [0.15, 0.2) is 0 Å². The standard InChI is InChI=1S/C9H17NO3/c1-7(11)3-5-9(8(12)13)4-2-6-10-9/h7,10-11H,2-6H2,1H3,(H,12,13). The van der Waals surface area contributed by atoms with E-state index < -0.39 is 17.6 Å². The molecule has 1 saturated heterocycles. The van der Waals surface area contributed by atoms with E-state index in [1.54, 1.807) is 6.92 Å². The van der Waals surface area contributed by atoms with Crippen molar-refractivity contribution in [1.82, 2.24) is 5.32 Å². The van der Waals surface area contributed by atoms with E-state index in [9.17, 15) is 4.79 Å². The van der Waals surface area contributed by atoms with E-state index >= 15 is 0 Å². The summed E-state index contributed by atoms with van der Waals surface area (Å²) in [5.41, 5.74) is -0.767. The van der Waals surface area contributed by atoms with Crippen LogP contribution >= 0.6 is 0 Å². The Kier molecular flexibility index (Phi) is 3.27. The van der Waals surface area contributed by atoms with Crippen LogP contribution in [0.2, 0.25) is 0 Å². The molecule has 76 valence electrons.